The number of rotatable bonds is 4. The molecule has 0 aliphatic rings. The number of H-pyrrole nitrogens is 1. The molecule has 0 bridgehead atoms. The minimum atomic E-state index is 0.271. The maximum atomic E-state index is 3.97. The second kappa shape index (κ2) is 5.15. The molecule has 0 saturated carbocycles. The highest BCUT2D eigenvalue weighted by Crippen LogP contribution is 2.18. The second-order valence-corrected chi connectivity index (χ2v) is 4.54. The molecule has 2 atom stereocenters. The molecule has 0 amide bonds. The highest BCUT2D eigenvalue weighted by atomic mass is 15.1. The SMILES string of the molecule is Cc1cccc([C@@H](C)NC(C)c2ccn[nH]2)c1. The van der Waals surface area contributed by atoms with Gasteiger partial charge in [-0.25, -0.2) is 0 Å². The Morgan fingerprint density at radius 1 is 1.18 bits per heavy atom. The van der Waals surface area contributed by atoms with Gasteiger partial charge in [0.05, 0.1) is 5.69 Å². The van der Waals surface area contributed by atoms with Crippen LogP contribution >= 0.6 is 0 Å². The van der Waals surface area contributed by atoms with Crippen molar-refractivity contribution < 1.29 is 0 Å². The van der Waals surface area contributed by atoms with Crippen molar-refractivity contribution in [3.8, 4) is 0 Å². The number of hydrogen-bond donors (Lipinski definition) is 2. The topological polar surface area (TPSA) is 40.7 Å². The van der Waals surface area contributed by atoms with Gasteiger partial charge in [-0.3, -0.25) is 5.10 Å². The Labute approximate surface area is 102 Å². The van der Waals surface area contributed by atoms with Crippen LogP contribution in [-0.4, -0.2) is 10.2 Å². The first-order valence-electron chi connectivity index (χ1n) is 5.98. The molecule has 0 spiro atoms. The van der Waals surface area contributed by atoms with Crippen LogP contribution in [0.3, 0.4) is 0 Å². The van der Waals surface area contributed by atoms with Gasteiger partial charge in [0.1, 0.15) is 0 Å². The summed E-state index contributed by atoms with van der Waals surface area (Å²) >= 11 is 0. The van der Waals surface area contributed by atoms with Crippen LogP contribution in [0.1, 0.15) is 42.8 Å². The zero-order valence-corrected chi connectivity index (χ0v) is 10.6. The summed E-state index contributed by atoms with van der Waals surface area (Å²) in [5, 5.41) is 10.5. The van der Waals surface area contributed by atoms with Crippen LogP contribution < -0.4 is 5.32 Å². The molecule has 0 saturated heterocycles. The minimum absolute atomic E-state index is 0.271. The highest BCUT2D eigenvalue weighted by molar-refractivity contribution is 5.25. The predicted molar refractivity (Wildman–Crippen MR) is 69.7 cm³/mol. The summed E-state index contributed by atoms with van der Waals surface area (Å²) in [6, 6.07) is 11.2. The monoisotopic (exact) mass is 229 g/mol. The minimum Gasteiger partial charge on any atom is -0.302 e. The molecule has 1 unspecified atom stereocenters. The van der Waals surface area contributed by atoms with Crippen LogP contribution in [-0.2, 0) is 0 Å². The molecule has 2 N–H and O–H groups in total. The Morgan fingerprint density at radius 3 is 2.65 bits per heavy atom. The van der Waals surface area contributed by atoms with E-state index in [2.05, 4.69) is 60.6 Å². The second-order valence-electron chi connectivity index (χ2n) is 4.54. The summed E-state index contributed by atoms with van der Waals surface area (Å²) in [6.07, 6.45) is 1.78. The summed E-state index contributed by atoms with van der Waals surface area (Å²) < 4.78 is 0. The van der Waals surface area contributed by atoms with Crippen molar-refractivity contribution in [1.82, 2.24) is 15.5 Å². The van der Waals surface area contributed by atoms with Crippen molar-refractivity contribution in [2.24, 2.45) is 0 Å². The van der Waals surface area contributed by atoms with Gasteiger partial charge in [-0.2, -0.15) is 5.10 Å². The van der Waals surface area contributed by atoms with Crippen LogP contribution in [0.2, 0.25) is 0 Å². The van der Waals surface area contributed by atoms with E-state index in [4.69, 9.17) is 0 Å². The van der Waals surface area contributed by atoms with E-state index >= 15 is 0 Å². The summed E-state index contributed by atoms with van der Waals surface area (Å²) in [5.74, 6) is 0. The van der Waals surface area contributed by atoms with Crippen molar-refractivity contribution in [2.75, 3.05) is 0 Å². The van der Waals surface area contributed by atoms with E-state index in [0.717, 1.165) is 5.69 Å². The molecule has 0 fully saturated rings. The Kier molecular flexibility index (Phi) is 3.59. The maximum absolute atomic E-state index is 3.97. The molecule has 17 heavy (non-hydrogen) atoms. The largest absolute Gasteiger partial charge is 0.302 e. The van der Waals surface area contributed by atoms with Gasteiger partial charge < -0.3 is 5.32 Å². The lowest BCUT2D eigenvalue weighted by Gasteiger charge is -2.19. The van der Waals surface area contributed by atoms with Crippen LogP contribution in [0.4, 0.5) is 0 Å². The van der Waals surface area contributed by atoms with E-state index in [1.165, 1.54) is 11.1 Å². The first-order chi connectivity index (χ1) is 8.16. The van der Waals surface area contributed by atoms with Crippen LogP contribution in [0, 0.1) is 6.92 Å². The van der Waals surface area contributed by atoms with E-state index in [-0.39, 0.29) is 6.04 Å². The molecule has 3 heteroatoms. The van der Waals surface area contributed by atoms with Crippen molar-refractivity contribution >= 4 is 0 Å². The number of aromatic nitrogens is 2. The third kappa shape index (κ3) is 2.94. The molecule has 2 aromatic rings. The van der Waals surface area contributed by atoms with E-state index in [9.17, 15) is 0 Å². The number of nitrogens with zero attached hydrogens (tertiary/aromatic N) is 1. The van der Waals surface area contributed by atoms with Crippen molar-refractivity contribution in [3.63, 3.8) is 0 Å². The van der Waals surface area contributed by atoms with Crippen LogP contribution in [0.5, 0.6) is 0 Å². The molecule has 3 nitrogen and oxygen atoms in total. The normalized spacial score (nSPS) is 14.5. The molecular weight excluding hydrogens is 210 g/mol. The first kappa shape index (κ1) is 11.9. The van der Waals surface area contributed by atoms with Gasteiger partial charge in [0.15, 0.2) is 0 Å². The molecule has 90 valence electrons. The predicted octanol–water partition coefficient (Wildman–Crippen LogP) is 3.13. The molecule has 0 aliphatic heterocycles. The maximum Gasteiger partial charge on any atom is 0.0518 e. The fraction of sp³-hybridized carbons (Fsp3) is 0.357. The average molecular weight is 229 g/mol. The lowest BCUT2D eigenvalue weighted by molar-refractivity contribution is 0.485. The third-order valence-electron chi connectivity index (χ3n) is 3.03. The third-order valence-corrected chi connectivity index (χ3v) is 3.03. The Morgan fingerprint density at radius 2 is 2.00 bits per heavy atom. The van der Waals surface area contributed by atoms with E-state index in [1.807, 2.05) is 6.07 Å². The number of hydrogen-bond acceptors (Lipinski definition) is 2. The molecule has 1 heterocycles. The zero-order chi connectivity index (χ0) is 12.3. The number of aryl methyl sites for hydroxylation is 1. The molecule has 0 radical (unpaired) electrons. The number of aromatic amines is 1. The van der Waals surface area contributed by atoms with Gasteiger partial charge in [0.2, 0.25) is 0 Å². The zero-order valence-electron chi connectivity index (χ0n) is 10.6. The fourth-order valence-electron chi connectivity index (χ4n) is 2.01. The molecule has 2 rings (SSSR count). The van der Waals surface area contributed by atoms with Gasteiger partial charge in [-0.05, 0) is 32.4 Å². The lowest BCUT2D eigenvalue weighted by atomic mass is 10.0. The van der Waals surface area contributed by atoms with Gasteiger partial charge in [0.25, 0.3) is 0 Å². The van der Waals surface area contributed by atoms with Crippen molar-refractivity contribution in [2.45, 2.75) is 32.9 Å². The van der Waals surface area contributed by atoms with Crippen LogP contribution in [0.15, 0.2) is 36.5 Å². The summed E-state index contributed by atoms with van der Waals surface area (Å²) in [7, 11) is 0. The highest BCUT2D eigenvalue weighted by Gasteiger charge is 2.11. The smallest absolute Gasteiger partial charge is 0.0518 e. The van der Waals surface area contributed by atoms with Gasteiger partial charge in [0, 0.05) is 18.3 Å². The van der Waals surface area contributed by atoms with Gasteiger partial charge in [-0.15, -0.1) is 0 Å². The lowest BCUT2D eigenvalue weighted by Crippen LogP contribution is -2.22. The summed E-state index contributed by atoms with van der Waals surface area (Å²) in [4.78, 5) is 0. The van der Waals surface area contributed by atoms with Crippen LogP contribution in [0.25, 0.3) is 0 Å². The van der Waals surface area contributed by atoms with Crippen molar-refractivity contribution in [1.29, 1.82) is 0 Å². The summed E-state index contributed by atoms with van der Waals surface area (Å²) in [5.41, 5.74) is 3.73. The van der Waals surface area contributed by atoms with E-state index in [1.54, 1.807) is 6.20 Å². The average Bonchev–Trinajstić information content (AvgIpc) is 2.82. The van der Waals surface area contributed by atoms with Crippen molar-refractivity contribution in [3.05, 3.63) is 53.3 Å². The van der Waals surface area contributed by atoms with E-state index < -0.39 is 0 Å². The Hall–Kier alpha value is -1.61. The Bertz CT molecular complexity index is 462. The van der Waals surface area contributed by atoms with Gasteiger partial charge in [-0.1, -0.05) is 29.8 Å². The first-order valence-corrected chi connectivity index (χ1v) is 5.98. The molecule has 1 aromatic carbocycles. The van der Waals surface area contributed by atoms with E-state index in [0.29, 0.717) is 6.04 Å². The number of benzene rings is 1. The fourth-order valence-corrected chi connectivity index (χ4v) is 2.01. The van der Waals surface area contributed by atoms with Gasteiger partial charge >= 0.3 is 0 Å². The standard InChI is InChI=1S/C14H19N3/c1-10-5-4-6-13(9-10)11(2)16-12(3)14-7-8-15-17-14/h4-9,11-12,16H,1-3H3,(H,15,17)/t11-,12?/m1/s1. The molecule has 1 aromatic heterocycles. The Balaban J connectivity index is 2.04. The quantitative estimate of drug-likeness (QED) is 0.845. The molecule has 0 aliphatic carbocycles. The summed E-state index contributed by atoms with van der Waals surface area (Å²) in [6.45, 7) is 6.44. The number of nitrogens with one attached hydrogen (secondary N) is 2. The molecular formula is C14H19N3.